The lowest BCUT2D eigenvalue weighted by Gasteiger charge is -2.14. The fraction of sp³-hybridized carbons (Fsp3) is 0.190. The molecule has 28 heavy (non-hydrogen) atoms. The van der Waals surface area contributed by atoms with Crippen LogP contribution >= 0.6 is 0 Å². The number of carbonyl (C=O) groups excluding carboxylic acids is 1. The number of aromatic nitrogens is 2. The van der Waals surface area contributed by atoms with Gasteiger partial charge in [0, 0.05) is 24.1 Å². The molecule has 0 saturated carbocycles. The molecule has 0 saturated heterocycles. The molecule has 2 aromatic carbocycles. The van der Waals surface area contributed by atoms with Gasteiger partial charge in [0.15, 0.2) is 0 Å². The largest absolute Gasteiger partial charge is 0.324 e. The van der Waals surface area contributed by atoms with E-state index in [1.54, 1.807) is 0 Å². The average molecular weight is 382 g/mol. The lowest BCUT2D eigenvalue weighted by Crippen LogP contribution is -2.14. The van der Waals surface area contributed by atoms with E-state index in [4.69, 9.17) is 0 Å². The Labute approximate surface area is 161 Å². The quantitative estimate of drug-likeness (QED) is 0.638. The Balaban J connectivity index is 1.76. The molecule has 0 aliphatic carbocycles. The Morgan fingerprint density at radius 2 is 1.64 bits per heavy atom. The molecule has 0 aliphatic heterocycles. The van der Waals surface area contributed by atoms with E-state index < -0.39 is 17.5 Å². The van der Waals surface area contributed by atoms with Crippen LogP contribution in [0.5, 0.6) is 0 Å². The van der Waals surface area contributed by atoms with Crippen molar-refractivity contribution in [3.05, 3.63) is 77.1 Å². The minimum Gasteiger partial charge on any atom is -0.324 e. The average Bonchev–Trinajstić information content (AvgIpc) is 2.70. The zero-order valence-electron chi connectivity index (χ0n) is 15.6. The van der Waals surface area contributed by atoms with Crippen LogP contribution in [0.1, 0.15) is 35.3 Å². The van der Waals surface area contributed by atoms with Gasteiger partial charge in [-0.3, -0.25) is 4.79 Å². The van der Waals surface area contributed by atoms with Gasteiger partial charge in [-0.2, -0.15) is 0 Å². The number of hydrogen-bond donors (Lipinski definition) is 2. The van der Waals surface area contributed by atoms with E-state index >= 15 is 0 Å². The second-order valence-electron chi connectivity index (χ2n) is 6.16. The summed E-state index contributed by atoms with van der Waals surface area (Å²) in [6.07, 6.45) is 4.43. The van der Waals surface area contributed by atoms with Gasteiger partial charge in [-0.25, -0.2) is 18.7 Å². The highest BCUT2D eigenvalue weighted by Crippen LogP contribution is 2.25. The van der Waals surface area contributed by atoms with E-state index in [-0.39, 0.29) is 11.3 Å². The summed E-state index contributed by atoms with van der Waals surface area (Å²) in [6, 6.07) is 9.04. The number of halogens is 2. The summed E-state index contributed by atoms with van der Waals surface area (Å²) >= 11 is 0. The molecule has 5 nitrogen and oxygen atoms in total. The Morgan fingerprint density at radius 1 is 1.00 bits per heavy atom. The lowest BCUT2D eigenvalue weighted by molar-refractivity contribution is 0.102. The number of amides is 1. The van der Waals surface area contributed by atoms with Crippen LogP contribution in [0.3, 0.4) is 0 Å². The van der Waals surface area contributed by atoms with Gasteiger partial charge in [0.05, 0.1) is 11.3 Å². The van der Waals surface area contributed by atoms with Gasteiger partial charge in [-0.05, 0) is 36.1 Å². The summed E-state index contributed by atoms with van der Waals surface area (Å²) in [6.45, 7) is 4.14. The minimum atomic E-state index is -0.851. The number of nitrogens with zero attached hydrogens (tertiary/aromatic N) is 2. The van der Waals surface area contributed by atoms with Crippen molar-refractivity contribution < 1.29 is 13.6 Å². The molecule has 0 spiro atoms. The summed E-state index contributed by atoms with van der Waals surface area (Å²) in [7, 11) is 0. The number of para-hydroxylation sites is 1. The van der Waals surface area contributed by atoms with Crippen molar-refractivity contribution >= 4 is 23.2 Å². The van der Waals surface area contributed by atoms with Gasteiger partial charge >= 0.3 is 0 Å². The number of aryl methyl sites for hydroxylation is 2. The van der Waals surface area contributed by atoms with Gasteiger partial charge < -0.3 is 10.6 Å². The van der Waals surface area contributed by atoms with E-state index in [1.807, 2.05) is 18.2 Å². The van der Waals surface area contributed by atoms with Crippen LogP contribution < -0.4 is 10.6 Å². The minimum absolute atomic E-state index is 0.113. The summed E-state index contributed by atoms with van der Waals surface area (Å²) in [5, 5.41) is 5.60. The molecule has 0 radical (unpaired) electrons. The van der Waals surface area contributed by atoms with Crippen LogP contribution in [0.15, 0.2) is 48.8 Å². The van der Waals surface area contributed by atoms with Gasteiger partial charge in [-0.15, -0.1) is 0 Å². The molecule has 1 amide bonds. The molecule has 0 unspecified atom stereocenters. The zero-order valence-corrected chi connectivity index (χ0v) is 15.6. The maximum absolute atomic E-state index is 13.7. The molecular formula is C21H20F2N4O. The molecule has 0 bridgehead atoms. The Morgan fingerprint density at radius 3 is 2.21 bits per heavy atom. The Hall–Kier alpha value is -3.35. The van der Waals surface area contributed by atoms with Crippen molar-refractivity contribution in [3.63, 3.8) is 0 Å². The van der Waals surface area contributed by atoms with Gasteiger partial charge in [0.25, 0.3) is 5.91 Å². The van der Waals surface area contributed by atoms with E-state index in [9.17, 15) is 13.6 Å². The molecule has 144 valence electrons. The first-order valence-electron chi connectivity index (χ1n) is 8.98. The van der Waals surface area contributed by atoms with Crippen molar-refractivity contribution in [1.29, 1.82) is 0 Å². The molecule has 7 heteroatoms. The molecule has 0 aliphatic rings. The molecular weight excluding hydrogens is 362 g/mol. The highest BCUT2D eigenvalue weighted by molar-refractivity contribution is 6.04. The third kappa shape index (κ3) is 4.31. The van der Waals surface area contributed by atoms with Crippen molar-refractivity contribution in [2.45, 2.75) is 26.7 Å². The third-order valence-corrected chi connectivity index (χ3v) is 4.33. The topological polar surface area (TPSA) is 66.9 Å². The number of hydrogen-bond acceptors (Lipinski definition) is 4. The highest BCUT2D eigenvalue weighted by atomic mass is 19.1. The molecule has 3 aromatic rings. The third-order valence-electron chi connectivity index (χ3n) is 4.33. The van der Waals surface area contributed by atoms with E-state index in [1.165, 1.54) is 12.4 Å². The van der Waals surface area contributed by atoms with Crippen LogP contribution in [0, 0.1) is 11.6 Å². The maximum Gasteiger partial charge on any atom is 0.258 e. The normalized spacial score (nSPS) is 10.6. The summed E-state index contributed by atoms with van der Waals surface area (Å²) in [5.41, 5.74) is 3.32. The number of anilines is 3. The monoisotopic (exact) mass is 382 g/mol. The van der Waals surface area contributed by atoms with Crippen molar-refractivity contribution in [2.24, 2.45) is 0 Å². The van der Waals surface area contributed by atoms with E-state index in [2.05, 4.69) is 34.4 Å². The van der Waals surface area contributed by atoms with Gasteiger partial charge in [0.1, 0.15) is 11.6 Å². The highest BCUT2D eigenvalue weighted by Gasteiger charge is 2.12. The lowest BCUT2D eigenvalue weighted by atomic mass is 10.0. The van der Waals surface area contributed by atoms with E-state index in [0.29, 0.717) is 12.0 Å². The van der Waals surface area contributed by atoms with Crippen LogP contribution in [0.4, 0.5) is 26.1 Å². The number of carbonyl (C=O) groups is 1. The SMILES string of the molecule is CCc1cccc(CC)c1Nc1ncc(C(=O)Nc2ccc(F)cc2F)cn1. The number of benzene rings is 2. The number of nitrogens with one attached hydrogen (secondary N) is 2. The fourth-order valence-electron chi connectivity index (χ4n) is 2.81. The van der Waals surface area contributed by atoms with Crippen molar-refractivity contribution in [2.75, 3.05) is 10.6 Å². The first kappa shape index (κ1) is 19.4. The second-order valence-corrected chi connectivity index (χ2v) is 6.16. The van der Waals surface area contributed by atoms with Crippen LogP contribution in [0.2, 0.25) is 0 Å². The van der Waals surface area contributed by atoms with Crippen molar-refractivity contribution in [3.8, 4) is 0 Å². The van der Waals surface area contributed by atoms with Crippen LogP contribution in [-0.4, -0.2) is 15.9 Å². The first-order chi connectivity index (χ1) is 13.5. The fourth-order valence-corrected chi connectivity index (χ4v) is 2.81. The first-order valence-corrected chi connectivity index (χ1v) is 8.98. The number of rotatable bonds is 6. The Bertz CT molecular complexity index is 968. The smallest absolute Gasteiger partial charge is 0.258 e. The summed E-state index contributed by atoms with van der Waals surface area (Å²) < 4.78 is 26.6. The van der Waals surface area contributed by atoms with Crippen LogP contribution in [0.25, 0.3) is 0 Å². The predicted molar refractivity (Wildman–Crippen MR) is 105 cm³/mol. The molecule has 0 fully saturated rings. The molecule has 0 atom stereocenters. The molecule has 2 N–H and O–H groups in total. The summed E-state index contributed by atoms with van der Waals surface area (Å²) in [4.78, 5) is 20.6. The molecule has 1 heterocycles. The molecule has 3 rings (SSSR count). The Kier molecular flexibility index (Phi) is 5.93. The van der Waals surface area contributed by atoms with E-state index in [0.717, 1.165) is 41.8 Å². The maximum atomic E-state index is 13.7. The molecule has 1 aromatic heterocycles. The predicted octanol–water partition coefficient (Wildman–Crippen LogP) is 4.88. The van der Waals surface area contributed by atoms with Crippen LogP contribution in [-0.2, 0) is 12.8 Å². The van der Waals surface area contributed by atoms with Gasteiger partial charge in [0.2, 0.25) is 5.95 Å². The standard InChI is InChI=1S/C21H20F2N4O/c1-3-13-6-5-7-14(4-2)19(13)27-21-24-11-15(12-25-21)20(28)26-18-9-8-16(22)10-17(18)23/h5-12H,3-4H2,1-2H3,(H,26,28)(H,24,25,27). The summed E-state index contributed by atoms with van der Waals surface area (Å²) in [5.74, 6) is -1.79. The van der Waals surface area contributed by atoms with Gasteiger partial charge in [-0.1, -0.05) is 32.0 Å². The van der Waals surface area contributed by atoms with Crippen molar-refractivity contribution in [1.82, 2.24) is 9.97 Å². The zero-order chi connectivity index (χ0) is 20.1. The second kappa shape index (κ2) is 8.56.